The molecule has 2 aliphatic carbocycles. The van der Waals surface area contributed by atoms with E-state index in [1.165, 1.54) is 40.0 Å². The lowest BCUT2D eigenvalue weighted by molar-refractivity contribution is -0.384. The summed E-state index contributed by atoms with van der Waals surface area (Å²) in [5.74, 6) is -0.264. The Morgan fingerprint density at radius 1 is 0.870 bits per heavy atom. The van der Waals surface area contributed by atoms with Crippen molar-refractivity contribution in [1.29, 1.82) is 0 Å². The molecule has 0 bridgehead atoms. The highest BCUT2D eigenvalue weighted by molar-refractivity contribution is 7.90. The standard InChI is InChI=1S/C54H58ClN7O6S/c1-54(2)22-18-39(47(34-54)36-10-12-40(55)13-11-36)35-59-26-28-61(29-27-59)42-14-16-46(52(32-42)68-51-9-5-8-48-45(51)19-23-56-48)53(63)58-69(66,67)44-15-17-49(50(33-44)62(64)65)57-41-20-24-60(25-21-41)43-30-37-6-3-4-7-38(37)31-43/h3-17,19,23,32-33,41,43,56-57H,18,20-22,24-31,34-35H2,1-2H3,(H,58,63). The minimum atomic E-state index is -4.57. The van der Waals surface area contributed by atoms with Gasteiger partial charge in [-0.3, -0.25) is 24.7 Å². The summed E-state index contributed by atoms with van der Waals surface area (Å²) in [5.41, 5.74) is 8.68. The predicted molar refractivity (Wildman–Crippen MR) is 273 cm³/mol. The number of sulfonamides is 1. The number of nitrogens with zero attached hydrogens (tertiary/aromatic N) is 4. The molecule has 2 saturated heterocycles. The summed E-state index contributed by atoms with van der Waals surface area (Å²) in [6.45, 7) is 10.4. The number of likely N-dealkylation sites (tertiary alicyclic amines) is 1. The number of aromatic nitrogens is 1. The summed E-state index contributed by atoms with van der Waals surface area (Å²) in [6.07, 6.45) is 8.65. The van der Waals surface area contributed by atoms with Crippen LogP contribution in [0.3, 0.4) is 0 Å². The number of H-pyrrole nitrogens is 1. The van der Waals surface area contributed by atoms with Gasteiger partial charge in [0.05, 0.1) is 15.4 Å². The molecule has 2 fully saturated rings. The van der Waals surface area contributed by atoms with Crippen LogP contribution in [0, 0.1) is 15.5 Å². The highest BCUT2D eigenvalue weighted by Crippen LogP contribution is 2.44. The van der Waals surface area contributed by atoms with E-state index in [1.54, 1.807) is 24.4 Å². The molecule has 69 heavy (non-hydrogen) atoms. The average molecular weight is 969 g/mol. The number of halogens is 1. The van der Waals surface area contributed by atoms with Crippen LogP contribution in [0.15, 0.2) is 126 Å². The Bertz CT molecular complexity index is 3020. The van der Waals surface area contributed by atoms with Gasteiger partial charge in [0.1, 0.15) is 17.2 Å². The zero-order chi connectivity index (χ0) is 47.9. The van der Waals surface area contributed by atoms with E-state index in [0.29, 0.717) is 11.8 Å². The van der Waals surface area contributed by atoms with Crippen molar-refractivity contribution in [2.75, 3.05) is 56.0 Å². The van der Waals surface area contributed by atoms with Crippen LogP contribution in [0.1, 0.15) is 73.0 Å². The van der Waals surface area contributed by atoms with Crippen LogP contribution < -0.4 is 19.7 Å². The summed E-state index contributed by atoms with van der Waals surface area (Å²) >= 11 is 6.26. The molecule has 4 aliphatic rings. The highest BCUT2D eigenvalue weighted by atomic mass is 35.5. The Morgan fingerprint density at radius 2 is 1.61 bits per heavy atom. The summed E-state index contributed by atoms with van der Waals surface area (Å²) in [7, 11) is -4.57. The second kappa shape index (κ2) is 19.3. The zero-order valence-corrected chi connectivity index (χ0v) is 40.6. The van der Waals surface area contributed by atoms with E-state index in [1.807, 2.05) is 36.4 Å². The van der Waals surface area contributed by atoms with Crippen molar-refractivity contribution in [2.45, 2.75) is 75.8 Å². The summed E-state index contributed by atoms with van der Waals surface area (Å²) < 4.78 is 36.6. The molecular weight excluding hydrogens is 910 g/mol. The van der Waals surface area contributed by atoms with Crippen molar-refractivity contribution in [1.82, 2.24) is 19.5 Å². The number of piperazine rings is 1. The van der Waals surface area contributed by atoms with E-state index in [-0.39, 0.29) is 34.1 Å². The van der Waals surface area contributed by atoms with Crippen LogP contribution in [0.5, 0.6) is 11.5 Å². The number of carbonyl (C=O) groups is 1. The normalized spacial score (nSPS) is 18.3. The van der Waals surface area contributed by atoms with E-state index < -0.39 is 25.7 Å². The number of hydrogen-bond acceptors (Lipinski definition) is 10. The monoisotopic (exact) mass is 967 g/mol. The van der Waals surface area contributed by atoms with Gasteiger partial charge in [0, 0.05) is 97.8 Å². The molecule has 13 nitrogen and oxygen atoms in total. The molecule has 3 heterocycles. The number of ether oxygens (including phenoxy) is 1. The number of aromatic amines is 1. The van der Waals surface area contributed by atoms with Crippen LogP contribution in [-0.4, -0.2) is 91.9 Å². The smallest absolute Gasteiger partial charge is 0.293 e. The second-order valence-corrected chi connectivity index (χ2v) is 21.9. The van der Waals surface area contributed by atoms with Crippen molar-refractivity contribution < 1.29 is 22.9 Å². The lowest BCUT2D eigenvalue weighted by atomic mass is 9.72. The van der Waals surface area contributed by atoms with Crippen molar-refractivity contribution in [2.24, 2.45) is 5.41 Å². The lowest BCUT2D eigenvalue weighted by Crippen LogP contribution is -2.47. The molecule has 0 radical (unpaired) electrons. The topological polar surface area (TPSA) is 153 Å². The number of benzene rings is 5. The van der Waals surface area contributed by atoms with E-state index >= 15 is 0 Å². The fraction of sp³-hybridized carbons (Fsp3) is 0.352. The minimum Gasteiger partial charge on any atom is -0.456 e. The van der Waals surface area contributed by atoms with Gasteiger partial charge in [0.15, 0.2) is 0 Å². The summed E-state index contributed by atoms with van der Waals surface area (Å²) in [4.78, 5) is 36.0. The molecule has 6 aromatic rings. The van der Waals surface area contributed by atoms with E-state index in [4.69, 9.17) is 16.3 Å². The Balaban J connectivity index is 0.835. The number of nitrogens with one attached hydrogen (secondary N) is 3. The van der Waals surface area contributed by atoms with Gasteiger partial charge in [0.2, 0.25) is 0 Å². The van der Waals surface area contributed by atoms with Crippen molar-refractivity contribution in [3.63, 3.8) is 0 Å². The number of piperidine rings is 1. The first-order valence-electron chi connectivity index (χ1n) is 24.0. The Kier molecular flexibility index (Phi) is 13.0. The minimum absolute atomic E-state index is 0.00370. The fourth-order valence-electron chi connectivity index (χ4n) is 10.8. The average Bonchev–Trinajstić information content (AvgIpc) is 4.01. The van der Waals surface area contributed by atoms with E-state index in [0.717, 1.165) is 118 Å². The van der Waals surface area contributed by atoms with E-state index in [2.05, 4.69) is 80.0 Å². The molecule has 15 heteroatoms. The molecule has 3 N–H and O–H groups in total. The molecule has 2 aliphatic heterocycles. The molecule has 358 valence electrons. The molecule has 0 unspecified atom stereocenters. The Hall–Kier alpha value is -6.19. The number of rotatable bonds is 13. The van der Waals surface area contributed by atoms with Gasteiger partial charge in [-0.25, -0.2) is 13.1 Å². The number of fused-ring (bicyclic) bond motifs is 2. The van der Waals surface area contributed by atoms with Gasteiger partial charge < -0.3 is 19.9 Å². The predicted octanol–water partition coefficient (Wildman–Crippen LogP) is 10.5. The van der Waals surface area contributed by atoms with Gasteiger partial charge in [0.25, 0.3) is 21.6 Å². The van der Waals surface area contributed by atoms with Gasteiger partial charge in [-0.1, -0.05) is 73.5 Å². The second-order valence-electron chi connectivity index (χ2n) is 19.8. The van der Waals surface area contributed by atoms with Gasteiger partial charge in [-0.2, -0.15) is 0 Å². The number of allylic oxidation sites excluding steroid dienone is 1. The van der Waals surface area contributed by atoms with Crippen molar-refractivity contribution >= 4 is 61.1 Å². The van der Waals surface area contributed by atoms with Crippen LogP contribution in [0.25, 0.3) is 16.5 Å². The van der Waals surface area contributed by atoms with Gasteiger partial charge in [-0.15, -0.1) is 0 Å². The first kappa shape index (κ1) is 46.5. The quantitative estimate of drug-likeness (QED) is 0.0753. The molecule has 5 aromatic carbocycles. The highest BCUT2D eigenvalue weighted by Gasteiger charge is 2.33. The van der Waals surface area contributed by atoms with Crippen molar-refractivity contribution in [3.8, 4) is 11.5 Å². The maximum atomic E-state index is 14.1. The van der Waals surface area contributed by atoms with Crippen molar-refractivity contribution in [3.05, 3.63) is 158 Å². The first-order valence-corrected chi connectivity index (χ1v) is 25.9. The van der Waals surface area contributed by atoms with Gasteiger partial charge in [-0.05, 0) is 127 Å². The third kappa shape index (κ3) is 10.3. The third-order valence-electron chi connectivity index (χ3n) is 14.7. The molecule has 0 saturated carbocycles. The Morgan fingerprint density at radius 3 is 2.33 bits per heavy atom. The molecule has 0 atom stereocenters. The molecule has 1 amide bonds. The summed E-state index contributed by atoms with van der Waals surface area (Å²) in [6, 6.07) is 33.6. The Labute approximate surface area is 408 Å². The SMILES string of the molecule is CC1(C)CCC(CN2CCN(c3ccc(C(=O)NS(=O)(=O)c4ccc(NC5CCN(C6Cc7ccccc7C6)CC5)c([N+](=O)[O-])c4)c(Oc4cccc5[nH]ccc45)c3)CC2)=C(c2ccc(Cl)cc2)C1. The van der Waals surface area contributed by atoms with Gasteiger partial charge >= 0.3 is 0 Å². The largest absolute Gasteiger partial charge is 0.456 e. The fourth-order valence-corrected chi connectivity index (χ4v) is 11.9. The number of amides is 1. The van der Waals surface area contributed by atoms with Crippen LogP contribution in [0.2, 0.25) is 5.02 Å². The zero-order valence-electron chi connectivity index (χ0n) is 39.0. The van der Waals surface area contributed by atoms with Crippen LogP contribution in [-0.2, 0) is 22.9 Å². The summed E-state index contributed by atoms with van der Waals surface area (Å²) in [5, 5.41) is 17.3. The molecule has 1 aromatic heterocycles. The van der Waals surface area contributed by atoms with Crippen LogP contribution >= 0.6 is 11.6 Å². The molecular formula is C54H58ClN7O6S. The number of hydrogen-bond donors (Lipinski definition) is 3. The molecule has 10 rings (SSSR count). The number of anilines is 2. The number of carbonyl (C=O) groups excluding carboxylic acids is 1. The third-order valence-corrected chi connectivity index (χ3v) is 16.2. The molecule has 0 spiro atoms. The van der Waals surface area contributed by atoms with E-state index in [9.17, 15) is 23.3 Å². The number of nitro benzene ring substituents is 1. The maximum absolute atomic E-state index is 14.1. The first-order chi connectivity index (χ1) is 33.2. The van der Waals surface area contributed by atoms with Crippen LogP contribution in [0.4, 0.5) is 17.1 Å². The maximum Gasteiger partial charge on any atom is 0.293 e. The lowest BCUT2D eigenvalue weighted by Gasteiger charge is -2.39. The number of nitro groups is 1.